The average Bonchev–Trinajstić information content (AvgIpc) is 2.83. The minimum Gasteiger partial charge on any atom is -0.481 e. The van der Waals surface area contributed by atoms with Gasteiger partial charge in [0, 0.05) is 19.5 Å². The molecule has 4 unspecified atom stereocenters. The summed E-state index contributed by atoms with van der Waals surface area (Å²) in [5, 5.41) is 34.3. The number of hydrogen-bond acceptors (Lipinski definition) is 9. The van der Waals surface area contributed by atoms with Crippen molar-refractivity contribution in [2.24, 2.45) is 38.7 Å². The molecule has 3 amide bonds. The van der Waals surface area contributed by atoms with E-state index in [-0.39, 0.29) is 50.7 Å². The number of aliphatic carboxylic acids is 2. The van der Waals surface area contributed by atoms with Gasteiger partial charge in [-0.1, -0.05) is 0 Å². The van der Waals surface area contributed by atoms with Crippen LogP contribution in [0.1, 0.15) is 38.5 Å². The number of nitrogens with two attached hydrogens (primary N) is 5. The number of nitrogens with one attached hydrogen (secondary N) is 3. The second kappa shape index (κ2) is 18.1. The summed E-state index contributed by atoms with van der Waals surface area (Å²) >= 11 is 0. The Morgan fingerprint density at radius 3 is 1.47 bits per heavy atom. The van der Waals surface area contributed by atoms with Gasteiger partial charge in [-0.25, -0.2) is 4.79 Å². The van der Waals surface area contributed by atoms with E-state index in [2.05, 4.69) is 25.9 Å². The first-order valence-corrected chi connectivity index (χ1v) is 11.6. The zero-order chi connectivity index (χ0) is 29.3. The number of aliphatic hydroxyl groups is 1. The lowest BCUT2D eigenvalue weighted by Crippen LogP contribution is -2.57. The molecule has 0 saturated heterocycles. The summed E-state index contributed by atoms with van der Waals surface area (Å²) in [6.07, 6.45) is -0.501. The molecule has 216 valence electrons. The summed E-state index contributed by atoms with van der Waals surface area (Å²) in [4.78, 5) is 68.0. The molecule has 0 radical (unpaired) electrons. The molecule has 0 bridgehead atoms. The van der Waals surface area contributed by atoms with E-state index >= 15 is 0 Å². The lowest BCUT2D eigenvalue weighted by molar-refractivity contribution is -0.143. The van der Waals surface area contributed by atoms with Crippen molar-refractivity contribution in [2.45, 2.75) is 62.7 Å². The molecule has 18 nitrogen and oxygen atoms in total. The molecule has 4 atom stereocenters. The molecule has 0 fully saturated rings. The maximum atomic E-state index is 13.1. The molecule has 0 aromatic carbocycles. The van der Waals surface area contributed by atoms with Crippen LogP contribution in [0.3, 0.4) is 0 Å². The van der Waals surface area contributed by atoms with Gasteiger partial charge < -0.3 is 59.9 Å². The van der Waals surface area contributed by atoms with E-state index < -0.39 is 73.3 Å². The number of nitrogens with zero attached hydrogens (tertiary/aromatic N) is 2. The van der Waals surface area contributed by atoms with E-state index in [1.807, 2.05) is 0 Å². The lowest BCUT2D eigenvalue weighted by Gasteiger charge is -2.25. The fourth-order valence-electron chi connectivity index (χ4n) is 2.98. The van der Waals surface area contributed by atoms with E-state index in [9.17, 15) is 29.1 Å². The molecule has 0 heterocycles. The first-order chi connectivity index (χ1) is 17.8. The number of aliphatic imine (C=N–C) groups is 2. The Labute approximate surface area is 218 Å². The third kappa shape index (κ3) is 15.0. The van der Waals surface area contributed by atoms with Crippen molar-refractivity contribution >= 4 is 41.6 Å². The van der Waals surface area contributed by atoms with Crippen molar-refractivity contribution < 1.29 is 39.3 Å². The number of carbonyl (C=O) groups is 5. The van der Waals surface area contributed by atoms with E-state index in [1.165, 1.54) is 0 Å². The Morgan fingerprint density at radius 2 is 1.11 bits per heavy atom. The highest BCUT2D eigenvalue weighted by Crippen LogP contribution is 2.06. The first kappa shape index (κ1) is 33.8. The summed E-state index contributed by atoms with van der Waals surface area (Å²) in [7, 11) is 0. The van der Waals surface area contributed by atoms with E-state index in [0.29, 0.717) is 0 Å². The molecule has 0 aromatic heterocycles. The van der Waals surface area contributed by atoms with E-state index in [1.54, 1.807) is 0 Å². The first-order valence-electron chi connectivity index (χ1n) is 11.6. The number of carboxylic acids is 2. The molecule has 0 saturated carbocycles. The molecule has 38 heavy (non-hydrogen) atoms. The Morgan fingerprint density at radius 1 is 0.684 bits per heavy atom. The van der Waals surface area contributed by atoms with Crippen LogP contribution in [0.15, 0.2) is 9.98 Å². The van der Waals surface area contributed by atoms with E-state index in [4.69, 9.17) is 38.9 Å². The van der Waals surface area contributed by atoms with Crippen molar-refractivity contribution in [1.82, 2.24) is 16.0 Å². The van der Waals surface area contributed by atoms with Crippen molar-refractivity contribution in [2.75, 3.05) is 19.7 Å². The molecular formula is C20H38N10O8. The van der Waals surface area contributed by atoms with Crippen LogP contribution in [0.2, 0.25) is 0 Å². The molecule has 0 aliphatic rings. The van der Waals surface area contributed by atoms with Gasteiger partial charge in [-0.2, -0.15) is 0 Å². The van der Waals surface area contributed by atoms with Crippen molar-refractivity contribution in [3.63, 3.8) is 0 Å². The van der Waals surface area contributed by atoms with Crippen LogP contribution in [0.25, 0.3) is 0 Å². The zero-order valence-corrected chi connectivity index (χ0v) is 20.8. The quantitative estimate of drug-likeness (QED) is 0.0410. The number of amides is 3. The molecule has 0 aliphatic heterocycles. The molecule has 18 heteroatoms. The van der Waals surface area contributed by atoms with Crippen LogP contribution in [0.5, 0.6) is 0 Å². The van der Waals surface area contributed by atoms with Gasteiger partial charge in [0.15, 0.2) is 11.9 Å². The maximum absolute atomic E-state index is 13.1. The number of carbonyl (C=O) groups excluding carboxylic acids is 3. The van der Waals surface area contributed by atoms with Crippen molar-refractivity contribution in [3.8, 4) is 0 Å². The van der Waals surface area contributed by atoms with Gasteiger partial charge in [0.2, 0.25) is 17.7 Å². The van der Waals surface area contributed by atoms with Gasteiger partial charge in [0.1, 0.15) is 24.2 Å². The highest BCUT2D eigenvalue weighted by Gasteiger charge is 2.30. The molecule has 0 aliphatic carbocycles. The topological polar surface area (TPSA) is 337 Å². The summed E-state index contributed by atoms with van der Waals surface area (Å²) in [6, 6.07) is -5.36. The average molecular weight is 547 g/mol. The van der Waals surface area contributed by atoms with Crippen LogP contribution in [-0.2, 0) is 24.0 Å². The van der Waals surface area contributed by atoms with Crippen LogP contribution < -0.4 is 44.6 Å². The highest BCUT2D eigenvalue weighted by atomic mass is 16.4. The van der Waals surface area contributed by atoms with Gasteiger partial charge in [0.05, 0.1) is 6.61 Å². The molecule has 0 spiro atoms. The summed E-state index contributed by atoms with van der Waals surface area (Å²) in [5.41, 5.74) is 26.6. The molecular weight excluding hydrogens is 508 g/mol. The Hall–Kier alpha value is -4.19. The number of aliphatic hydroxyl groups excluding tert-OH is 1. The van der Waals surface area contributed by atoms with Gasteiger partial charge in [-0.3, -0.25) is 29.2 Å². The van der Waals surface area contributed by atoms with Crippen molar-refractivity contribution in [3.05, 3.63) is 0 Å². The number of rotatable bonds is 19. The monoisotopic (exact) mass is 546 g/mol. The van der Waals surface area contributed by atoms with Gasteiger partial charge >= 0.3 is 11.9 Å². The predicted octanol–water partition coefficient (Wildman–Crippen LogP) is -5.18. The Bertz CT molecular complexity index is 874. The van der Waals surface area contributed by atoms with Crippen LogP contribution >= 0.6 is 0 Å². The summed E-state index contributed by atoms with van der Waals surface area (Å²) in [5.74, 6) is -5.64. The minimum absolute atomic E-state index is 0.0191. The van der Waals surface area contributed by atoms with E-state index in [0.717, 1.165) is 0 Å². The lowest BCUT2D eigenvalue weighted by atomic mass is 10.1. The normalized spacial score (nSPS) is 13.6. The van der Waals surface area contributed by atoms with Crippen LogP contribution in [0.4, 0.5) is 0 Å². The Balaban J connectivity index is 5.70. The molecule has 16 N–H and O–H groups in total. The standard InChI is InChI=1S/C20H38N10O8/c21-10(9-31)15(34)28-11(3-1-7-26-19(22)23)16(35)29-12(4-2-8-27-20(24)25)17(36)30-13(18(37)38)5-6-14(32)33/h10-13,31H,1-9,21H2,(H,28,34)(H,29,35)(H,30,36)(H,32,33)(H,37,38)(H4,22,23,26)(H4,24,25,27). The Kier molecular flexibility index (Phi) is 16.1. The second-order valence-corrected chi connectivity index (χ2v) is 8.14. The maximum Gasteiger partial charge on any atom is 0.326 e. The number of hydrogen-bond donors (Lipinski definition) is 11. The fraction of sp³-hybridized carbons (Fsp3) is 0.650. The largest absolute Gasteiger partial charge is 0.481 e. The molecule has 0 aromatic rings. The molecule has 0 rings (SSSR count). The van der Waals surface area contributed by atoms with Gasteiger partial charge in [-0.15, -0.1) is 0 Å². The SMILES string of the molecule is NC(N)=NCCCC(NC(=O)C(N)CO)C(=O)NC(CCCN=C(N)N)C(=O)NC(CCC(=O)O)C(=O)O. The van der Waals surface area contributed by atoms with Crippen molar-refractivity contribution in [1.29, 1.82) is 0 Å². The smallest absolute Gasteiger partial charge is 0.326 e. The third-order valence-corrected chi connectivity index (χ3v) is 4.95. The number of carboxylic acid groups (broad SMARTS) is 2. The minimum atomic E-state index is -1.53. The van der Waals surface area contributed by atoms with Gasteiger partial charge in [0.25, 0.3) is 0 Å². The zero-order valence-electron chi connectivity index (χ0n) is 20.8. The van der Waals surface area contributed by atoms with Crippen LogP contribution in [0, 0.1) is 0 Å². The summed E-state index contributed by atoms with van der Waals surface area (Å²) < 4.78 is 0. The highest BCUT2D eigenvalue weighted by molar-refractivity contribution is 5.94. The second-order valence-electron chi connectivity index (χ2n) is 8.14. The predicted molar refractivity (Wildman–Crippen MR) is 135 cm³/mol. The van der Waals surface area contributed by atoms with Gasteiger partial charge in [-0.05, 0) is 32.1 Å². The fourth-order valence-corrected chi connectivity index (χ4v) is 2.98. The number of guanidine groups is 2. The van der Waals surface area contributed by atoms with Crippen LogP contribution in [-0.4, -0.2) is 101 Å². The third-order valence-electron chi connectivity index (χ3n) is 4.95. The summed E-state index contributed by atoms with van der Waals surface area (Å²) in [6.45, 7) is -0.468.